The molecule has 1 atom stereocenters. The Morgan fingerprint density at radius 3 is 1.23 bits per heavy atom. The monoisotopic (exact) mass is 770 g/mol. The van der Waals surface area contributed by atoms with Crippen LogP contribution in [0.1, 0.15) is 41.8 Å². The van der Waals surface area contributed by atoms with Gasteiger partial charge in [0.05, 0.1) is 19.6 Å². The summed E-state index contributed by atoms with van der Waals surface area (Å²) < 4.78 is 64.3. The Hall–Kier alpha value is -4.93. The average molecular weight is 772 g/mol. The van der Waals surface area contributed by atoms with E-state index in [2.05, 4.69) is 0 Å². The van der Waals surface area contributed by atoms with E-state index in [1.54, 1.807) is 97.1 Å². The van der Waals surface area contributed by atoms with Crippen LogP contribution in [0, 0.1) is 0 Å². The van der Waals surface area contributed by atoms with Gasteiger partial charge in [0, 0.05) is 21.2 Å². The van der Waals surface area contributed by atoms with Crippen molar-refractivity contribution in [1.29, 1.82) is 0 Å². The summed E-state index contributed by atoms with van der Waals surface area (Å²) in [6.45, 7) is 3.90. The third kappa shape index (κ3) is 7.93. The minimum Gasteiger partial charge on any atom is -0.483 e. The third-order valence-electron chi connectivity index (χ3n) is 8.64. The van der Waals surface area contributed by atoms with E-state index in [1.165, 1.54) is 48.5 Å². The first-order valence-corrected chi connectivity index (χ1v) is 19.8. The molecule has 264 valence electrons. The van der Waals surface area contributed by atoms with Crippen LogP contribution in [0.25, 0.3) is 0 Å². The lowest BCUT2D eigenvalue weighted by atomic mass is 9.93. The smallest absolute Gasteiger partial charge is 0.206 e. The number of hydrogen-bond donors (Lipinski definition) is 0. The Labute approximate surface area is 313 Å². The molecule has 0 radical (unpaired) electrons. The topological polar surface area (TPSA) is 104 Å². The highest BCUT2D eigenvalue weighted by atomic mass is 35.5. The number of ketones is 1. The van der Waals surface area contributed by atoms with Crippen LogP contribution in [-0.4, -0.2) is 22.6 Å². The molecule has 0 saturated heterocycles. The summed E-state index contributed by atoms with van der Waals surface area (Å²) in [5, 5.41) is 0.903. The second-order valence-corrected chi connectivity index (χ2v) is 16.8. The van der Waals surface area contributed by atoms with Crippen molar-refractivity contribution in [3.63, 3.8) is 0 Å². The fourth-order valence-electron chi connectivity index (χ4n) is 5.42. The Balaban J connectivity index is 1.09. The fourth-order valence-corrected chi connectivity index (χ4v) is 8.19. The maximum atomic E-state index is 13.3. The predicted molar refractivity (Wildman–Crippen MR) is 201 cm³/mol. The van der Waals surface area contributed by atoms with Gasteiger partial charge in [-0.3, -0.25) is 4.79 Å². The van der Waals surface area contributed by atoms with E-state index in [0.717, 1.165) is 5.56 Å². The number of benzene rings is 6. The maximum absolute atomic E-state index is 13.3. The van der Waals surface area contributed by atoms with Gasteiger partial charge in [-0.15, -0.1) is 0 Å². The standard InChI is InChI=1S/C41H32Cl2O7S2/c1-3-41(2,30-8-20-36(21-9-30)51(45,46)37-22-10-31(42)11-23-37)50-35-16-6-29(7-17-35)40(44)28-4-14-33(15-5-28)49-34-18-26-39(27-19-34)52(47,48)38-24-12-32(43)13-25-38/h4-27H,3H2,1-2H3. The number of hydrogen-bond acceptors (Lipinski definition) is 7. The van der Waals surface area contributed by atoms with E-state index < -0.39 is 25.3 Å². The van der Waals surface area contributed by atoms with Crippen LogP contribution in [0.5, 0.6) is 17.2 Å². The minimum absolute atomic E-state index is 0.122. The molecule has 11 heteroatoms. The van der Waals surface area contributed by atoms with Crippen molar-refractivity contribution < 1.29 is 31.1 Å². The lowest BCUT2D eigenvalue weighted by molar-refractivity contribution is 0.0825. The van der Waals surface area contributed by atoms with Crippen LogP contribution in [0.2, 0.25) is 10.0 Å². The highest BCUT2D eigenvalue weighted by Crippen LogP contribution is 2.34. The van der Waals surface area contributed by atoms with E-state index in [4.69, 9.17) is 32.7 Å². The van der Waals surface area contributed by atoms with E-state index in [0.29, 0.717) is 44.8 Å². The predicted octanol–water partition coefficient (Wildman–Crippen LogP) is 10.4. The summed E-state index contributed by atoms with van der Waals surface area (Å²) in [5.74, 6) is 1.27. The zero-order valence-corrected chi connectivity index (χ0v) is 31.1. The SMILES string of the molecule is CCC(C)(Oc1ccc(C(=O)c2ccc(Oc3ccc(S(=O)(=O)c4ccc(Cl)cc4)cc3)cc2)cc1)c1ccc(S(=O)(=O)c2ccc(Cl)cc2)cc1. The van der Waals surface area contributed by atoms with Crippen LogP contribution < -0.4 is 9.47 Å². The zero-order valence-electron chi connectivity index (χ0n) is 28.0. The Morgan fingerprint density at radius 2 is 0.846 bits per heavy atom. The van der Waals surface area contributed by atoms with Gasteiger partial charge in [0.15, 0.2) is 5.78 Å². The number of carbonyl (C=O) groups is 1. The summed E-state index contributed by atoms with van der Waals surface area (Å²) in [7, 11) is -7.42. The largest absolute Gasteiger partial charge is 0.483 e. The van der Waals surface area contributed by atoms with E-state index in [-0.39, 0.29) is 25.4 Å². The highest BCUT2D eigenvalue weighted by Gasteiger charge is 2.28. The van der Waals surface area contributed by atoms with Crippen molar-refractivity contribution in [2.24, 2.45) is 0 Å². The Bertz CT molecular complexity index is 2410. The van der Waals surface area contributed by atoms with E-state index in [9.17, 15) is 21.6 Å². The number of sulfone groups is 2. The van der Waals surface area contributed by atoms with Gasteiger partial charge in [0.1, 0.15) is 22.8 Å². The van der Waals surface area contributed by atoms with Crippen LogP contribution in [0.15, 0.2) is 165 Å². The molecular weight excluding hydrogens is 739 g/mol. The van der Waals surface area contributed by atoms with Crippen molar-refractivity contribution in [3.05, 3.63) is 172 Å². The first-order valence-electron chi connectivity index (χ1n) is 16.1. The summed E-state index contributed by atoms with van der Waals surface area (Å²) in [6.07, 6.45) is 0.595. The van der Waals surface area contributed by atoms with Gasteiger partial charge in [0.2, 0.25) is 19.7 Å². The molecule has 0 amide bonds. The van der Waals surface area contributed by atoms with Crippen LogP contribution in [0.4, 0.5) is 0 Å². The molecule has 0 fully saturated rings. The van der Waals surface area contributed by atoms with Crippen molar-refractivity contribution in [2.45, 2.75) is 45.5 Å². The van der Waals surface area contributed by atoms with Crippen molar-refractivity contribution in [3.8, 4) is 17.2 Å². The van der Waals surface area contributed by atoms with Gasteiger partial charge in [-0.25, -0.2) is 16.8 Å². The first-order chi connectivity index (χ1) is 24.8. The molecule has 0 heterocycles. The number of rotatable bonds is 12. The number of halogens is 2. The molecule has 0 aliphatic carbocycles. The molecule has 6 rings (SSSR count). The first kappa shape index (κ1) is 36.8. The second kappa shape index (κ2) is 15.0. The molecule has 6 aromatic carbocycles. The fraction of sp³-hybridized carbons (Fsp3) is 0.0976. The molecule has 0 aliphatic heterocycles. The van der Waals surface area contributed by atoms with Gasteiger partial charge in [0.25, 0.3) is 0 Å². The zero-order chi connectivity index (χ0) is 37.1. The molecule has 0 bridgehead atoms. The van der Waals surface area contributed by atoms with Gasteiger partial charge in [-0.2, -0.15) is 0 Å². The van der Waals surface area contributed by atoms with Gasteiger partial charge in [-0.05, 0) is 152 Å². The summed E-state index contributed by atoms with van der Waals surface area (Å²) in [5.41, 5.74) is 0.951. The lowest BCUT2D eigenvalue weighted by Crippen LogP contribution is -2.28. The summed E-state index contributed by atoms with van der Waals surface area (Å²) in [6, 6.07) is 38.2. The molecular formula is C41H32Cl2O7S2. The van der Waals surface area contributed by atoms with Crippen molar-refractivity contribution in [1.82, 2.24) is 0 Å². The van der Waals surface area contributed by atoms with E-state index in [1.807, 2.05) is 13.8 Å². The van der Waals surface area contributed by atoms with E-state index >= 15 is 0 Å². The molecule has 0 aromatic heterocycles. The van der Waals surface area contributed by atoms with Gasteiger partial charge >= 0.3 is 0 Å². The maximum Gasteiger partial charge on any atom is 0.206 e. The van der Waals surface area contributed by atoms with Crippen LogP contribution in [-0.2, 0) is 25.3 Å². The molecule has 6 aromatic rings. The van der Waals surface area contributed by atoms with Crippen LogP contribution >= 0.6 is 23.2 Å². The molecule has 52 heavy (non-hydrogen) atoms. The number of carbonyl (C=O) groups excluding carboxylic acids is 1. The summed E-state index contributed by atoms with van der Waals surface area (Å²) >= 11 is 11.8. The lowest BCUT2D eigenvalue weighted by Gasteiger charge is -2.30. The molecule has 7 nitrogen and oxygen atoms in total. The van der Waals surface area contributed by atoms with Crippen molar-refractivity contribution in [2.75, 3.05) is 0 Å². The Morgan fingerprint density at radius 1 is 0.519 bits per heavy atom. The van der Waals surface area contributed by atoms with Crippen molar-refractivity contribution >= 4 is 48.7 Å². The number of ether oxygens (including phenoxy) is 2. The Kier molecular flexibility index (Phi) is 10.6. The van der Waals surface area contributed by atoms with Gasteiger partial charge < -0.3 is 9.47 Å². The molecule has 1 unspecified atom stereocenters. The quantitative estimate of drug-likeness (QED) is 0.114. The van der Waals surface area contributed by atoms with Crippen LogP contribution in [0.3, 0.4) is 0 Å². The van der Waals surface area contributed by atoms with Gasteiger partial charge in [-0.1, -0.05) is 42.3 Å². The highest BCUT2D eigenvalue weighted by molar-refractivity contribution is 7.91. The second-order valence-electron chi connectivity index (χ2n) is 12.1. The molecule has 0 N–H and O–H groups in total. The molecule has 0 saturated carbocycles. The molecule has 0 aliphatic rings. The third-order valence-corrected chi connectivity index (χ3v) is 12.7. The summed E-state index contributed by atoms with van der Waals surface area (Å²) in [4.78, 5) is 13.9. The minimum atomic E-state index is -3.71. The molecule has 0 spiro atoms. The average Bonchev–Trinajstić information content (AvgIpc) is 3.16. The normalized spacial score (nSPS) is 12.8.